The largest absolute Gasteiger partial charge is 0.377 e. The summed E-state index contributed by atoms with van der Waals surface area (Å²) in [6.45, 7) is 13.4. The van der Waals surface area contributed by atoms with E-state index in [9.17, 15) is 0 Å². The van der Waals surface area contributed by atoms with Gasteiger partial charge in [0.15, 0.2) is 0 Å². The number of allylic oxidation sites excluding steroid dienone is 3. The Labute approximate surface area is 77.1 Å². The molecule has 0 aromatic carbocycles. The van der Waals surface area contributed by atoms with Gasteiger partial charge in [0.1, 0.15) is 0 Å². The average molecular weight is 167 g/mol. The number of hydrogen-bond donors (Lipinski definition) is 0. The molecule has 0 N–H and O–H groups in total. The summed E-state index contributed by atoms with van der Waals surface area (Å²) in [6, 6.07) is 0. The highest BCUT2D eigenvalue weighted by Crippen LogP contribution is 2.08. The van der Waals surface area contributed by atoms with Crippen LogP contribution in [0.25, 0.3) is 0 Å². The van der Waals surface area contributed by atoms with Crippen molar-refractivity contribution in [3.63, 3.8) is 0 Å². The van der Waals surface area contributed by atoms with E-state index < -0.39 is 0 Å². The van der Waals surface area contributed by atoms with Gasteiger partial charge in [-0.05, 0) is 18.6 Å². The normalized spacial score (nSPS) is 9.58. The summed E-state index contributed by atoms with van der Waals surface area (Å²) in [6.07, 6.45) is 3.71. The third-order valence-corrected chi connectivity index (χ3v) is 1.19. The molecule has 0 bridgehead atoms. The van der Waals surface area contributed by atoms with Crippen molar-refractivity contribution in [3.8, 4) is 0 Å². The second-order valence-corrected chi connectivity index (χ2v) is 2.46. The summed E-state index contributed by atoms with van der Waals surface area (Å²) in [5.41, 5.74) is 2.18. The third-order valence-electron chi connectivity index (χ3n) is 1.19. The van der Waals surface area contributed by atoms with Gasteiger partial charge in [0.25, 0.3) is 0 Å². The van der Waals surface area contributed by atoms with Crippen LogP contribution in [0.3, 0.4) is 0 Å². The van der Waals surface area contributed by atoms with Crippen LogP contribution < -0.4 is 0 Å². The Bertz CT molecular complexity index is 164. The molecule has 0 aromatic heterocycles. The third kappa shape index (κ3) is 5.78. The highest BCUT2D eigenvalue weighted by Gasteiger charge is 1.96. The minimum Gasteiger partial charge on any atom is -0.377 e. The molecule has 12 heavy (non-hydrogen) atoms. The Kier molecular flexibility index (Phi) is 9.20. The zero-order valence-corrected chi connectivity index (χ0v) is 9.02. The summed E-state index contributed by atoms with van der Waals surface area (Å²) in [4.78, 5) is 2.02. The van der Waals surface area contributed by atoms with Crippen molar-refractivity contribution < 1.29 is 0 Å². The van der Waals surface area contributed by atoms with Gasteiger partial charge in [-0.3, -0.25) is 0 Å². The lowest BCUT2D eigenvalue weighted by Gasteiger charge is -2.16. The molecule has 1 heteroatoms. The Morgan fingerprint density at radius 1 is 1.25 bits per heavy atom. The van der Waals surface area contributed by atoms with Gasteiger partial charge in [0, 0.05) is 19.8 Å². The highest BCUT2D eigenvalue weighted by molar-refractivity contribution is 5.27. The predicted octanol–water partition coefficient (Wildman–Crippen LogP) is 3.22. The van der Waals surface area contributed by atoms with E-state index in [0.717, 1.165) is 11.3 Å². The van der Waals surface area contributed by atoms with Gasteiger partial charge in [0.05, 0.1) is 0 Å². The minimum absolute atomic E-state index is 1.06. The first kappa shape index (κ1) is 13.6. The smallest absolute Gasteiger partial charge is 0.0384 e. The Balaban J connectivity index is 0. The molecule has 0 aliphatic rings. The van der Waals surface area contributed by atoms with Crippen molar-refractivity contribution in [2.75, 3.05) is 14.1 Å². The van der Waals surface area contributed by atoms with Gasteiger partial charge in [-0.15, -0.1) is 0 Å². The highest BCUT2D eigenvalue weighted by atomic mass is 15.1. The minimum atomic E-state index is 1.06. The molecule has 0 amide bonds. The van der Waals surface area contributed by atoms with Crippen LogP contribution in [0.5, 0.6) is 0 Å². The second kappa shape index (κ2) is 8.12. The van der Waals surface area contributed by atoms with Gasteiger partial charge in [-0.2, -0.15) is 0 Å². The van der Waals surface area contributed by atoms with Crippen LogP contribution in [0.1, 0.15) is 20.8 Å². The Hall–Kier alpha value is -0.980. The van der Waals surface area contributed by atoms with Crippen LogP contribution in [0.4, 0.5) is 0 Å². The van der Waals surface area contributed by atoms with E-state index in [1.54, 1.807) is 6.08 Å². The van der Waals surface area contributed by atoms with E-state index in [1.807, 2.05) is 45.8 Å². The van der Waals surface area contributed by atoms with E-state index in [-0.39, 0.29) is 0 Å². The molecule has 0 aromatic rings. The molecule has 0 aliphatic heterocycles. The fraction of sp³-hybridized carbons (Fsp3) is 0.455. The first-order valence-electron chi connectivity index (χ1n) is 4.25. The first-order valence-corrected chi connectivity index (χ1v) is 4.25. The fourth-order valence-electron chi connectivity index (χ4n) is 0.785. The van der Waals surface area contributed by atoms with Gasteiger partial charge < -0.3 is 4.90 Å². The van der Waals surface area contributed by atoms with Crippen LogP contribution >= 0.6 is 0 Å². The van der Waals surface area contributed by atoms with Crippen molar-refractivity contribution in [1.82, 2.24) is 4.90 Å². The van der Waals surface area contributed by atoms with Crippen molar-refractivity contribution in [2.24, 2.45) is 0 Å². The maximum Gasteiger partial charge on any atom is 0.0384 e. The molecular formula is C11H21N. The SMILES string of the molecule is C=C/C=C(\C(=C)C)N(C)C.CC. The molecule has 0 rings (SSSR count). The molecule has 0 atom stereocenters. The zero-order valence-electron chi connectivity index (χ0n) is 9.02. The molecule has 0 fully saturated rings. The molecule has 70 valence electrons. The van der Waals surface area contributed by atoms with Crippen molar-refractivity contribution in [2.45, 2.75) is 20.8 Å². The van der Waals surface area contributed by atoms with Crippen molar-refractivity contribution in [1.29, 1.82) is 0 Å². The van der Waals surface area contributed by atoms with Crippen LogP contribution in [0, 0.1) is 0 Å². The van der Waals surface area contributed by atoms with Crippen LogP contribution in [0.15, 0.2) is 36.6 Å². The lowest BCUT2D eigenvalue weighted by atomic mass is 10.2. The Morgan fingerprint density at radius 3 is 1.75 bits per heavy atom. The molecule has 1 nitrogen and oxygen atoms in total. The maximum absolute atomic E-state index is 3.84. The van der Waals surface area contributed by atoms with Crippen molar-refractivity contribution in [3.05, 3.63) is 36.6 Å². The summed E-state index contributed by atoms with van der Waals surface area (Å²) in [5.74, 6) is 0. The van der Waals surface area contributed by atoms with E-state index >= 15 is 0 Å². The van der Waals surface area contributed by atoms with Gasteiger partial charge in [-0.1, -0.05) is 33.1 Å². The molecule has 0 unspecified atom stereocenters. The van der Waals surface area contributed by atoms with Gasteiger partial charge >= 0.3 is 0 Å². The van der Waals surface area contributed by atoms with Crippen LogP contribution in [-0.4, -0.2) is 19.0 Å². The molecule has 0 aliphatic carbocycles. The maximum atomic E-state index is 3.84. The summed E-state index contributed by atoms with van der Waals surface area (Å²) in [7, 11) is 3.98. The van der Waals surface area contributed by atoms with Gasteiger partial charge in [-0.25, -0.2) is 0 Å². The number of likely N-dealkylation sites (N-methyl/N-ethyl adjacent to an activating group) is 1. The lowest BCUT2D eigenvalue weighted by molar-refractivity contribution is 0.522. The average Bonchev–Trinajstić information content (AvgIpc) is 2.03. The number of rotatable bonds is 3. The molecule has 0 radical (unpaired) electrons. The number of hydrogen-bond acceptors (Lipinski definition) is 1. The van der Waals surface area contributed by atoms with E-state index in [2.05, 4.69) is 13.2 Å². The molecule has 0 saturated carbocycles. The monoisotopic (exact) mass is 167 g/mol. The Morgan fingerprint density at radius 2 is 1.67 bits per heavy atom. The molecule has 0 saturated heterocycles. The number of nitrogens with zero attached hydrogens (tertiary/aromatic N) is 1. The molecule has 0 spiro atoms. The van der Waals surface area contributed by atoms with E-state index in [0.29, 0.717) is 0 Å². The van der Waals surface area contributed by atoms with E-state index in [4.69, 9.17) is 0 Å². The lowest BCUT2D eigenvalue weighted by Crippen LogP contribution is -2.11. The second-order valence-electron chi connectivity index (χ2n) is 2.46. The predicted molar refractivity (Wildman–Crippen MR) is 58.1 cm³/mol. The summed E-state index contributed by atoms with van der Waals surface area (Å²) < 4.78 is 0. The fourth-order valence-corrected chi connectivity index (χ4v) is 0.785. The topological polar surface area (TPSA) is 3.24 Å². The summed E-state index contributed by atoms with van der Waals surface area (Å²) in [5, 5.41) is 0. The zero-order chi connectivity index (χ0) is 10.1. The standard InChI is InChI=1S/C9H15N.C2H6/c1-6-7-9(8(2)3)10(4)5;1-2/h6-7H,1-2H2,3-5H3;1-2H3/b9-7+;. The summed E-state index contributed by atoms with van der Waals surface area (Å²) >= 11 is 0. The van der Waals surface area contributed by atoms with Crippen LogP contribution in [-0.2, 0) is 0 Å². The van der Waals surface area contributed by atoms with Crippen molar-refractivity contribution >= 4 is 0 Å². The van der Waals surface area contributed by atoms with E-state index in [1.165, 1.54) is 0 Å². The quantitative estimate of drug-likeness (QED) is 0.583. The van der Waals surface area contributed by atoms with Gasteiger partial charge in [0.2, 0.25) is 0 Å². The molecule has 0 heterocycles. The van der Waals surface area contributed by atoms with Crippen LogP contribution in [0.2, 0.25) is 0 Å². The first-order chi connectivity index (χ1) is 5.59. The molecular weight excluding hydrogens is 146 g/mol.